The molecule has 6 heteroatoms. The van der Waals surface area contributed by atoms with E-state index in [2.05, 4.69) is 51.2 Å². The van der Waals surface area contributed by atoms with Crippen LogP contribution in [0.1, 0.15) is 69.9 Å². The number of nitrogens with one attached hydrogen (secondary N) is 1. The number of aromatic hydroxyl groups is 1. The Balaban J connectivity index is 1.35. The molecule has 2 aromatic heterocycles. The first-order valence-electron chi connectivity index (χ1n) is 16.4. The summed E-state index contributed by atoms with van der Waals surface area (Å²) in [5, 5.41) is 25.4. The molecule has 3 bridgehead atoms. The van der Waals surface area contributed by atoms with Crippen molar-refractivity contribution in [3.8, 4) is 5.75 Å². The van der Waals surface area contributed by atoms with Crippen LogP contribution in [-0.2, 0) is 0 Å². The fourth-order valence-electron chi connectivity index (χ4n) is 9.62. The number of nitrogens with zero attached hydrogens (tertiary/aromatic N) is 3. The van der Waals surface area contributed by atoms with Gasteiger partial charge in [0.05, 0.1) is 22.9 Å². The van der Waals surface area contributed by atoms with Gasteiger partial charge in [0, 0.05) is 40.5 Å². The van der Waals surface area contributed by atoms with Gasteiger partial charge in [-0.25, -0.2) is 0 Å². The number of H-pyrrole nitrogens is 1. The molecular weight excluding hydrogens is 520 g/mol. The predicted octanol–water partition coefficient (Wildman–Crippen LogP) is 6.56. The van der Waals surface area contributed by atoms with Crippen LogP contribution in [0.3, 0.4) is 0 Å². The Bertz CT molecular complexity index is 1590. The second-order valence-corrected chi connectivity index (χ2v) is 13.7. The summed E-state index contributed by atoms with van der Waals surface area (Å²) in [4.78, 5) is 14.2. The fourth-order valence-corrected chi connectivity index (χ4v) is 9.62. The molecule has 4 aliphatic heterocycles. The van der Waals surface area contributed by atoms with Gasteiger partial charge in [0.25, 0.3) is 0 Å². The van der Waals surface area contributed by atoms with Crippen molar-refractivity contribution in [1.82, 2.24) is 19.8 Å². The van der Waals surface area contributed by atoms with Gasteiger partial charge in [0.2, 0.25) is 0 Å². The minimum atomic E-state index is -0.941. The van der Waals surface area contributed by atoms with Crippen molar-refractivity contribution in [3.05, 3.63) is 66.5 Å². The lowest BCUT2D eigenvalue weighted by Gasteiger charge is -2.58. The van der Waals surface area contributed by atoms with Crippen molar-refractivity contribution in [2.24, 2.45) is 11.3 Å². The molecule has 2 saturated heterocycles. The number of aromatic nitrogens is 2. The van der Waals surface area contributed by atoms with Gasteiger partial charge in [0.15, 0.2) is 0 Å². The van der Waals surface area contributed by atoms with Crippen molar-refractivity contribution in [2.45, 2.75) is 81.9 Å². The zero-order chi connectivity index (χ0) is 28.3. The van der Waals surface area contributed by atoms with Crippen LogP contribution in [-0.4, -0.2) is 73.8 Å². The first kappa shape index (κ1) is 26.7. The van der Waals surface area contributed by atoms with Gasteiger partial charge >= 0.3 is 0 Å². The number of pyridine rings is 1. The summed E-state index contributed by atoms with van der Waals surface area (Å²) in [6.07, 6.45) is 24.7. The van der Waals surface area contributed by atoms with Crippen LogP contribution < -0.4 is 0 Å². The lowest BCUT2D eigenvalue weighted by Crippen LogP contribution is -2.65. The SMILES string of the molecule is Oc1ccc2[nH]c3c(C4=C[C@@]5(O)CC/C=C\CCCCN6CC[C@@H]4[C@]4(C[C@@H]7/C=C\CCCCN7C45)C6)nccc3c2c1. The summed E-state index contributed by atoms with van der Waals surface area (Å²) < 4.78 is 0. The Morgan fingerprint density at radius 2 is 1.79 bits per heavy atom. The molecule has 5 aliphatic rings. The highest BCUT2D eigenvalue weighted by molar-refractivity contribution is 6.10. The van der Waals surface area contributed by atoms with E-state index in [1.165, 1.54) is 31.3 Å². The summed E-state index contributed by atoms with van der Waals surface area (Å²) in [7, 11) is 0. The van der Waals surface area contributed by atoms with E-state index in [1.807, 2.05) is 18.3 Å². The minimum absolute atomic E-state index is 0.0394. The maximum Gasteiger partial charge on any atom is 0.116 e. The number of benzene rings is 1. The molecule has 1 aliphatic carbocycles. The standard InChI is InChI=1S/C36H44N4O2/c41-26-12-13-31-28(21-26)27-14-17-37-32(33(27)38-31)29-23-36(42)16-8-4-1-2-5-9-18-39-20-15-30(29)35(24-39)22-25-11-7-3-6-10-19-40(25)34(35)36/h1,4,7,11-14,17,21,23,25,30,34,38,41-42H,2-3,5-6,8-10,15-16,18-20,22,24H2/b4-1-,11-7-/t25-,30-,34?,35-,36-/m0/s1. The van der Waals surface area contributed by atoms with Crippen molar-refractivity contribution >= 4 is 27.4 Å². The molecule has 8 rings (SSSR count). The Morgan fingerprint density at radius 3 is 2.71 bits per heavy atom. The smallest absolute Gasteiger partial charge is 0.116 e. The first-order chi connectivity index (χ1) is 20.6. The molecule has 42 heavy (non-hydrogen) atoms. The van der Waals surface area contributed by atoms with E-state index in [0.717, 1.165) is 92.2 Å². The topological polar surface area (TPSA) is 75.6 Å². The van der Waals surface area contributed by atoms with Crippen LogP contribution in [0.4, 0.5) is 0 Å². The third-order valence-electron chi connectivity index (χ3n) is 11.2. The number of rotatable bonds is 1. The zero-order valence-electron chi connectivity index (χ0n) is 24.6. The minimum Gasteiger partial charge on any atom is -0.508 e. The lowest BCUT2D eigenvalue weighted by atomic mass is 9.54. The lowest BCUT2D eigenvalue weighted by molar-refractivity contribution is -0.0894. The Kier molecular flexibility index (Phi) is 6.58. The molecule has 0 saturated carbocycles. The average Bonchev–Trinajstić information content (AvgIpc) is 3.48. The molecule has 220 valence electrons. The van der Waals surface area contributed by atoms with E-state index in [4.69, 9.17) is 4.98 Å². The third kappa shape index (κ3) is 4.21. The number of hydrogen-bond donors (Lipinski definition) is 3. The molecular formula is C36H44N4O2. The van der Waals surface area contributed by atoms with E-state index in [-0.39, 0.29) is 17.2 Å². The van der Waals surface area contributed by atoms with Gasteiger partial charge in [-0.1, -0.05) is 24.3 Å². The fraction of sp³-hybridized carbons (Fsp3) is 0.528. The number of phenols is 1. The van der Waals surface area contributed by atoms with Crippen LogP contribution in [0.5, 0.6) is 5.75 Å². The molecule has 6 atom stereocenters. The maximum absolute atomic E-state index is 13.1. The molecule has 3 N–H and O–H groups in total. The highest BCUT2D eigenvalue weighted by Crippen LogP contribution is 2.61. The van der Waals surface area contributed by atoms with Crippen LogP contribution in [0, 0.1) is 11.3 Å². The van der Waals surface area contributed by atoms with E-state index in [1.54, 1.807) is 6.07 Å². The van der Waals surface area contributed by atoms with Crippen molar-refractivity contribution in [2.75, 3.05) is 26.2 Å². The third-order valence-corrected chi connectivity index (χ3v) is 11.2. The number of hydrogen-bond acceptors (Lipinski definition) is 5. The highest BCUT2D eigenvalue weighted by atomic mass is 16.3. The van der Waals surface area contributed by atoms with E-state index < -0.39 is 5.60 Å². The van der Waals surface area contributed by atoms with Crippen molar-refractivity contribution in [3.63, 3.8) is 0 Å². The molecule has 0 amide bonds. The Labute approximate surface area is 248 Å². The number of piperidine rings is 1. The number of allylic oxidation sites excluding steroid dienone is 4. The molecule has 0 radical (unpaired) electrons. The second kappa shape index (κ2) is 10.4. The molecule has 6 nitrogen and oxygen atoms in total. The monoisotopic (exact) mass is 564 g/mol. The normalized spacial score (nSPS) is 37.0. The molecule has 3 aromatic rings. The summed E-state index contributed by atoms with van der Waals surface area (Å²) in [6.45, 7) is 4.36. The van der Waals surface area contributed by atoms with E-state index >= 15 is 0 Å². The summed E-state index contributed by atoms with van der Waals surface area (Å²) in [6, 6.07) is 8.08. The number of aromatic amines is 1. The summed E-state index contributed by atoms with van der Waals surface area (Å²) in [5.41, 5.74) is 3.25. The number of aliphatic hydroxyl groups is 1. The van der Waals surface area contributed by atoms with Crippen molar-refractivity contribution in [1.29, 1.82) is 0 Å². The Morgan fingerprint density at radius 1 is 0.929 bits per heavy atom. The first-order valence-corrected chi connectivity index (χ1v) is 16.4. The van der Waals surface area contributed by atoms with Crippen LogP contribution >= 0.6 is 0 Å². The van der Waals surface area contributed by atoms with Gasteiger partial charge in [-0.2, -0.15) is 0 Å². The average molecular weight is 565 g/mol. The highest BCUT2D eigenvalue weighted by Gasteiger charge is 2.65. The number of phenolic OH excluding ortho intramolecular Hbond substituents is 1. The van der Waals surface area contributed by atoms with E-state index in [0.29, 0.717) is 12.0 Å². The predicted molar refractivity (Wildman–Crippen MR) is 169 cm³/mol. The van der Waals surface area contributed by atoms with Gasteiger partial charge in [0.1, 0.15) is 5.75 Å². The molecule has 2 fully saturated rings. The van der Waals surface area contributed by atoms with Crippen LogP contribution in [0.25, 0.3) is 27.4 Å². The number of fused-ring (bicyclic) bond motifs is 5. The molecule has 2 unspecified atom stereocenters. The quantitative estimate of drug-likeness (QED) is 0.292. The van der Waals surface area contributed by atoms with Crippen LogP contribution in [0.2, 0.25) is 0 Å². The van der Waals surface area contributed by atoms with Gasteiger partial charge < -0.3 is 20.1 Å². The van der Waals surface area contributed by atoms with Gasteiger partial charge in [-0.3, -0.25) is 9.88 Å². The summed E-state index contributed by atoms with van der Waals surface area (Å²) in [5.74, 6) is 0.606. The Hall–Kier alpha value is -2.93. The summed E-state index contributed by atoms with van der Waals surface area (Å²) >= 11 is 0. The zero-order valence-corrected chi connectivity index (χ0v) is 24.6. The largest absolute Gasteiger partial charge is 0.508 e. The van der Waals surface area contributed by atoms with Gasteiger partial charge in [-0.05, 0) is 126 Å². The molecule has 1 spiro atoms. The van der Waals surface area contributed by atoms with Gasteiger partial charge in [-0.15, -0.1) is 0 Å². The van der Waals surface area contributed by atoms with Crippen molar-refractivity contribution < 1.29 is 10.2 Å². The maximum atomic E-state index is 13.1. The van der Waals surface area contributed by atoms with Crippen LogP contribution in [0.15, 0.2) is 60.8 Å². The van der Waals surface area contributed by atoms with E-state index in [9.17, 15) is 10.2 Å². The molecule has 1 aromatic carbocycles. The second-order valence-electron chi connectivity index (χ2n) is 13.7. The molecule has 6 heterocycles.